The zero-order valence-corrected chi connectivity index (χ0v) is 15.4. The molecule has 0 N–H and O–H groups in total. The summed E-state index contributed by atoms with van der Waals surface area (Å²) in [5.41, 5.74) is 1.55. The maximum absolute atomic E-state index is 13.1. The molecule has 2 fully saturated rings. The molecule has 138 valence electrons. The molecule has 0 bridgehead atoms. The number of hydrogen-bond donors (Lipinski definition) is 0. The van der Waals surface area contributed by atoms with E-state index in [2.05, 4.69) is 4.98 Å². The Balaban J connectivity index is 1.44. The lowest BCUT2D eigenvalue weighted by molar-refractivity contribution is -0.0956. The second-order valence-electron chi connectivity index (χ2n) is 6.68. The number of thiazole rings is 1. The summed E-state index contributed by atoms with van der Waals surface area (Å²) in [6, 6.07) is 6.20. The number of carbonyl (C=O) groups is 1. The quantitative estimate of drug-likeness (QED) is 0.823. The van der Waals surface area contributed by atoms with Gasteiger partial charge in [-0.25, -0.2) is 9.37 Å². The molecule has 26 heavy (non-hydrogen) atoms. The minimum atomic E-state index is -0.281. The average Bonchev–Trinajstić information content (AvgIpc) is 3.32. The summed E-state index contributed by atoms with van der Waals surface area (Å²) in [7, 11) is 0. The summed E-state index contributed by atoms with van der Waals surface area (Å²) in [6.07, 6.45) is 1.67. The third-order valence-electron chi connectivity index (χ3n) is 4.94. The summed E-state index contributed by atoms with van der Waals surface area (Å²) in [5.74, 6) is 0.107. The number of ether oxygens (including phenoxy) is 2. The molecule has 0 saturated carbocycles. The molecule has 0 aliphatic carbocycles. The van der Waals surface area contributed by atoms with Crippen molar-refractivity contribution in [3.05, 3.63) is 40.7 Å². The zero-order valence-electron chi connectivity index (χ0n) is 14.6. The molecule has 4 rings (SSSR count). The van der Waals surface area contributed by atoms with Crippen molar-refractivity contribution in [2.45, 2.75) is 26.1 Å². The molecule has 5 nitrogen and oxygen atoms in total. The Morgan fingerprint density at radius 3 is 2.50 bits per heavy atom. The van der Waals surface area contributed by atoms with Crippen LogP contribution in [0.2, 0.25) is 0 Å². The van der Waals surface area contributed by atoms with Gasteiger partial charge in [-0.2, -0.15) is 0 Å². The van der Waals surface area contributed by atoms with E-state index < -0.39 is 0 Å². The van der Waals surface area contributed by atoms with Crippen molar-refractivity contribution in [1.29, 1.82) is 0 Å². The van der Waals surface area contributed by atoms with E-state index in [0.717, 1.165) is 29.1 Å². The highest BCUT2D eigenvalue weighted by molar-refractivity contribution is 7.17. The van der Waals surface area contributed by atoms with Gasteiger partial charge < -0.3 is 14.4 Å². The summed E-state index contributed by atoms with van der Waals surface area (Å²) in [4.78, 5) is 20.0. The van der Waals surface area contributed by atoms with E-state index >= 15 is 0 Å². The number of halogens is 1. The van der Waals surface area contributed by atoms with Crippen LogP contribution >= 0.6 is 11.3 Å². The highest BCUT2D eigenvalue weighted by Gasteiger charge is 2.33. The topological polar surface area (TPSA) is 51.7 Å². The van der Waals surface area contributed by atoms with Gasteiger partial charge in [0.25, 0.3) is 5.91 Å². The molecule has 2 aliphatic rings. The first-order chi connectivity index (χ1) is 12.6. The SMILES string of the molecule is Cc1nc(-c2ccc(F)cc2)sc1C(=O)N1CCC(C2OCCO2)CC1. The summed E-state index contributed by atoms with van der Waals surface area (Å²) >= 11 is 1.37. The van der Waals surface area contributed by atoms with Crippen LogP contribution in [-0.2, 0) is 9.47 Å². The molecular weight excluding hydrogens is 355 g/mol. The Kier molecular flexibility index (Phi) is 5.02. The molecule has 0 unspecified atom stereocenters. The number of aromatic nitrogens is 1. The van der Waals surface area contributed by atoms with E-state index in [1.165, 1.54) is 23.5 Å². The lowest BCUT2D eigenvalue weighted by Crippen LogP contribution is -2.41. The summed E-state index contributed by atoms with van der Waals surface area (Å²) in [6.45, 7) is 4.58. The first-order valence-corrected chi connectivity index (χ1v) is 9.69. The van der Waals surface area contributed by atoms with Gasteiger partial charge in [0.05, 0.1) is 18.9 Å². The Hall–Kier alpha value is -1.83. The van der Waals surface area contributed by atoms with Crippen LogP contribution in [0.3, 0.4) is 0 Å². The van der Waals surface area contributed by atoms with Gasteiger partial charge in [-0.05, 0) is 44.0 Å². The average molecular weight is 376 g/mol. The molecule has 1 aromatic heterocycles. The maximum atomic E-state index is 13.1. The molecular formula is C19H21FN2O3S. The number of amides is 1. The van der Waals surface area contributed by atoms with Crippen LogP contribution in [0.15, 0.2) is 24.3 Å². The maximum Gasteiger partial charge on any atom is 0.265 e. The molecule has 2 saturated heterocycles. The molecule has 2 aromatic rings. The van der Waals surface area contributed by atoms with Crippen molar-refractivity contribution in [3.63, 3.8) is 0 Å². The predicted molar refractivity (Wildman–Crippen MR) is 96.6 cm³/mol. The normalized spacial score (nSPS) is 19.2. The van der Waals surface area contributed by atoms with Gasteiger partial charge in [0, 0.05) is 24.6 Å². The number of rotatable bonds is 3. The fourth-order valence-electron chi connectivity index (χ4n) is 3.48. The van der Waals surface area contributed by atoms with Gasteiger partial charge in [0.2, 0.25) is 0 Å². The largest absolute Gasteiger partial charge is 0.350 e. The van der Waals surface area contributed by atoms with E-state index in [4.69, 9.17) is 9.47 Å². The number of aryl methyl sites for hydroxylation is 1. The van der Waals surface area contributed by atoms with Crippen molar-refractivity contribution in [3.8, 4) is 10.6 Å². The predicted octanol–water partition coefficient (Wildman–Crippen LogP) is 3.48. The molecule has 2 aliphatic heterocycles. The fraction of sp³-hybridized carbons (Fsp3) is 0.474. The minimum Gasteiger partial charge on any atom is -0.350 e. The van der Waals surface area contributed by atoms with Crippen LogP contribution < -0.4 is 0 Å². The molecule has 1 aromatic carbocycles. The van der Waals surface area contributed by atoms with Crippen LogP contribution in [-0.4, -0.2) is 48.4 Å². The van der Waals surface area contributed by atoms with Crippen molar-refractivity contribution in [1.82, 2.24) is 9.88 Å². The number of nitrogens with zero attached hydrogens (tertiary/aromatic N) is 2. The zero-order chi connectivity index (χ0) is 18.1. The number of carbonyl (C=O) groups excluding carboxylic acids is 1. The molecule has 7 heteroatoms. The number of piperidine rings is 1. The van der Waals surface area contributed by atoms with Gasteiger partial charge in [-0.3, -0.25) is 4.79 Å². The minimum absolute atomic E-state index is 0.0278. The smallest absolute Gasteiger partial charge is 0.265 e. The fourth-order valence-corrected chi connectivity index (χ4v) is 4.52. The number of benzene rings is 1. The van der Waals surface area contributed by atoms with Gasteiger partial charge in [-0.15, -0.1) is 11.3 Å². The first kappa shape index (κ1) is 17.6. The van der Waals surface area contributed by atoms with E-state index in [-0.39, 0.29) is 18.0 Å². The Labute approximate surface area is 155 Å². The van der Waals surface area contributed by atoms with Gasteiger partial charge >= 0.3 is 0 Å². The lowest BCUT2D eigenvalue weighted by atomic mass is 9.96. The van der Waals surface area contributed by atoms with E-state index in [1.54, 1.807) is 12.1 Å². The Morgan fingerprint density at radius 1 is 1.19 bits per heavy atom. The molecule has 0 radical (unpaired) electrons. The van der Waals surface area contributed by atoms with Gasteiger partial charge in [0.1, 0.15) is 15.7 Å². The van der Waals surface area contributed by atoms with Gasteiger partial charge in [0.15, 0.2) is 6.29 Å². The van der Waals surface area contributed by atoms with Gasteiger partial charge in [-0.1, -0.05) is 0 Å². The summed E-state index contributed by atoms with van der Waals surface area (Å²) < 4.78 is 24.3. The number of likely N-dealkylation sites (tertiary alicyclic amines) is 1. The van der Waals surface area contributed by atoms with Crippen molar-refractivity contribution in [2.24, 2.45) is 5.92 Å². The standard InChI is InChI=1S/C19H21FN2O3S/c1-12-16(26-17(21-12)13-2-4-15(20)5-3-13)18(23)22-8-6-14(7-9-22)19-24-10-11-25-19/h2-5,14,19H,6-11H2,1H3. The number of hydrogen-bond acceptors (Lipinski definition) is 5. The Morgan fingerprint density at radius 2 is 1.85 bits per heavy atom. The highest BCUT2D eigenvalue weighted by Crippen LogP contribution is 2.31. The molecule has 0 atom stereocenters. The second kappa shape index (κ2) is 7.42. The van der Waals surface area contributed by atoms with Crippen molar-refractivity contribution < 1.29 is 18.7 Å². The third-order valence-corrected chi connectivity index (χ3v) is 6.14. The first-order valence-electron chi connectivity index (χ1n) is 8.87. The van der Waals surface area contributed by atoms with E-state index in [9.17, 15) is 9.18 Å². The van der Waals surface area contributed by atoms with Crippen molar-refractivity contribution in [2.75, 3.05) is 26.3 Å². The van der Waals surface area contributed by atoms with E-state index in [0.29, 0.717) is 37.1 Å². The molecule has 1 amide bonds. The lowest BCUT2D eigenvalue weighted by Gasteiger charge is -2.33. The molecule has 0 spiro atoms. The van der Waals surface area contributed by atoms with Crippen LogP contribution in [0.4, 0.5) is 4.39 Å². The van der Waals surface area contributed by atoms with Crippen LogP contribution in [0.5, 0.6) is 0 Å². The van der Waals surface area contributed by atoms with Crippen molar-refractivity contribution >= 4 is 17.2 Å². The Bertz CT molecular complexity index is 779. The molecule has 3 heterocycles. The monoisotopic (exact) mass is 376 g/mol. The summed E-state index contributed by atoms with van der Waals surface area (Å²) in [5, 5.41) is 0.744. The van der Waals surface area contributed by atoms with Crippen LogP contribution in [0, 0.1) is 18.7 Å². The van der Waals surface area contributed by atoms with Crippen LogP contribution in [0.25, 0.3) is 10.6 Å². The van der Waals surface area contributed by atoms with E-state index in [1.807, 2.05) is 11.8 Å². The third kappa shape index (κ3) is 3.51. The highest BCUT2D eigenvalue weighted by atomic mass is 32.1. The second-order valence-corrected chi connectivity index (χ2v) is 7.68. The van der Waals surface area contributed by atoms with Crippen LogP contribution in [0.1, 0.15) is 28.2 Å².